The van der Waals surface area contributed by atoms with Gasteiger partial charge < -0.3 is 9.47 Å². The van der Waals surface area contributed by atoms with Gasteiger partial charge in [-0.2, -0.15) is 0 Å². The van der Waals surface area contributed by atoms with Crippen LogP contribution in [0.5, 0.6) is 0 Å². The quantitative estimate of drug-likeness (QED) is 0.273. The number of carbonyl (C=O) groups is 1. The third kappa shape index (κ3) is 7.28. The topological polar surface area (TPSA) is 35.5 Å². The number of ether oxygens (including phenoxy) is 2. The van der Waals surface area contributed by atoms with Crippen molar-refractivity contribution in [2.24, 2.45) is 0 Å². The molecule has 0 radical (unpaired) electrons. The van der Waals surface area contributed by atoms with E-state index in [1.807, 2.05) is 0 Å². The van der Waals surface area contributed by atoms with Crippen molar-refractivity contribution in [3.05, 3.63) is 23.8 Å². The van der Waals surface area contributed by atoms with Crippen molar-refractivity contribution in [1.29, 1.82) is 0 Å². The summed E-state index contributed by atoms with van der Waals surface area (Å²) in [6, 6.07) is 0. The summed E-state index contributed by atoms with van der Waals surface area (Å²) in [5, 5.41) is 0. The van der Waals surface area contributed by atoms with Gasteiger partial charge in [0.2, 0.25) is 0 Å². The molecule has 104 valence electrons. The van der Waals surface area contributed by atoms with Crippen LogP contribution in [0, 0.1) is 0 Å². The average molecular weight is 254 g/mol. The van der Waals surface area contributed by atoms with Crippen LogP contribution in [-0.4, -0.2) is 25.3 Å². The van der Waals surface area contributed by atoms with E-state index in [0.29, 0.717) is 12.2 Å². The molecule has 0 bridgehead atoms. The number of carbonyl (C=O) groups excluding carboxylic acids is 1. The van der Waals surface area contributed by atoms with E-state index in [2.05, 4.69) is 33.4 Å². The maximum absolute atomic E-state index is 11.2. The predicted octanol–water partition coefficient (Wildman–Crippen LogP) is 3.65. The summed E-state index contributed by atoms with van der Waals surface area (Å²) in [6.45, 7) is 12.2. The van der Waals surface area contributed by atoms with Gasteiger partial charge >= 0.3 is 5.97 Å². The number of allylic oxidation sites excluding steroid dienone is 1. The van der Waals surface area contributed by atoms with E-state index in [1.54, 1.807) is 6.92 Å². The van der Waals surface area contributed by atoms with E-state index in [1.165, 1.54) is 5.57 Å². The van der Waals surface area contributed by atoms with E-state index in [-0.39, 0.29) is 18.7 Å². The number of esters is 1. The molecule has 0 fully saturated rings. The molecule has 0 aliphatic heterocycles. The second-order valence-electron chi connectivity index (χ2n) is 4.42. The van der Waals surface area contributed by atoms with Gasteiger partial charge in [0.25, 0.3) is 0 Å². The molecule has 0 N–H and O–H groups in total. The average Bonchev–Trinajstić information content (AvgIpc) is 2.32. The van der Waals surface area contributed by atoms with Crippen molar-refractivity contribution in [1.82, 2.24) is 0 Å². The molecule has 3 heteroatoms. The molecule has 0 aromatic heterocycles. The molecule has 0 heterocycles. The van der Waals surface area contributed by atoms with Crippen molar-refractivity contribution < 1.29 is 14.3 Å². The number of rotatable bonds is 9. The summed E-state index contributed by atoms with van der Waals surface area (Å²) in [4.78, 5) is 11.2. The zero-order valence-electron chi connectivity index (χ0n) is 12.1. The molecule has 0 aliphatic carbocycles. The molecule has 0 spiro atoms. The van der Waals surface area contributed by atoms with Crippen LogP contribution in [0.15, 0.2) is 23.8 Å². The van der Waals surface area contributed by atoms with Gasteiger partial charge in [-0.1, -0.05) is 32.9 Å². The smallest absolute Gasteiger partial charge is 0.333 e. The lowest BCUT2D eigenvalue weighted by molar-refractivity contribution is -0.140. The zero-order valence-corrected chi connectivity index (χ0v) is 12.1. The largest absolute Gasteiger partial charge is 0.460 e. The fraction of sp³-hybridized carbons (Fsp3) is 0.667. The Morgan fingerprint density at radius 3 is 2.44 bits per heavy atom. The highest BCUT2D eigenvalue weighted by molar-refractivity contribution is 5.86. The first-order valence-electron chi connectivity index (χ1n) is 6.63. The molecule has 0 aromatic carbocycles. The lowest BCUT2D eigenvalue weighted by Gasteiger charge is -2.18. The fourth-order valence-corrected chi connectivity index (χ4v) is 1.61. The van der Waals surface area contributed by atoms with Crippen LogP contribution >= 0.6 is 0 Å². The SMILES string of the molecule is C=C(C)C(=O)OCCOC(CCC)/C(C)=C/CC. The molecule has 3 nitrogen and oxygen atoms in total. The molecule has 0 rings (SSSR count). The predicted molar refractivity (Wildman–Crippen MR) is 74.5 cm³/mol. The van der Waals surface area contributed by atoms with Crippen molar-refractivity contribution >= 4 is 5.97 Å². The van der Waals surface area contributed by atoms with E-state index in [9.17, 15) is 4.79 Å². The van der Waals surface area contributed by atoms with Crippen LogP contribution in [-0.2, 0) is 14.3 Å². The van der Waals surface area contributed by atoms with E-state index < -0.39 is 0 Å². The van der Waals surface area contributed by atoms with Gasteiger partial charge in [-0.05, 0) is 32.3 Å². The minimum atomic E-state index is -0.355. The summed E-state index contributed by atoms with van der Waals surface area (Å²) in [6.07, 6.45) is 5.40. The van der Waals surface area contributed by atoms with Crippen LogP contribution in [0.4, 0.5) is 0 Å². The maximum Gasteiger partial charge on any atom is 0.333 e. The highest BCUT2D eigenvalue weighted by Gasteiger charge is 2.10. The maximum atomic E-state index is 11.2. The molecular weight excluding hydrogens is 228 g/mol. The van der Waals surface area contributed by atoms with Crippen molar-refractivity contribution in [3.8, 4) is 0 Å². The highest BCUT2D eigenvalue weighted by atomic mass is 16.6. The van der Waals surface area contributed by atoms with E-state index >= 15 is 0 Å². The molecule has 0 aliphatic rings. The third-order valence-corrected chi connectivity index (χ3v) is 2.57. The Balaban J connectivity index is 4.01. The molecule has 1 atom stereocenters. The van der Waals surface area contributed by atoms with Crippen molar-refractivity contribution in [2.75, 3.05) is 13.2 Å². The monoisotopic (exact) mass is 254 g/mol. The van der Waals surface area contributed by atoms with Gasteiger partial charge in [0, 0.05) is 5.57 Å². The first-order chi connectivity index (χ1) is 8.52. The Bertz CT molecular complexity index is 292. The normalized spacial score (nSPS) is 13.2. The molecule has 0 amide bonds. The highest BCUT2D eigenvalue weighted by Crippen LogP contribution is 2.13. The van der Waals surface area contributed by atoms with Gasteiger partial charge in [-0.15, -0.1) is 0 Å². The molecule has 0 aromatic rings. The van der Waals surface area contributed by atoms with Crippen LogP contribution in [0.2, 0.25) is 0 Å². The minimum absolute atomic E-state index is 0.137. The Kier molecular flexibility index (Phi) is 9.29. The lowest BCUT2D eigenvalue weighted by atomic mass is 10.1. The molecule has 0 saturated carbocycles. The van der Waals surface area contributed by atoms with E-state index in [4.69, 9.17) is 9.47 Å². The van der Waals surface area contributed by atoms with Crippen LogP contribution in [0.1, 0.15) is 47.0 Å². The molecular formula is C15H26O3. The van der Waals surface area contributed by atoms with E-state index in [0.717, 1.165) is 19.3 Å². The van der Waals surface area contributed by atoms with Gasteiger partial charge in [0.1, 0.15) is 6.61 Å². The Labute approximate surface area is 111 Å². The Morgan fingerprint density at radius 2 is 1.94 bits per heavy atom. The number of hydrogen-bond acceptors (Lipinski definition) is 3. The number of hydrogen-bond donors (Lipinski definition) is 0. The first kappa shape index (κ1) is 16.9. The van der Waals surface area contributed by atoms with Gasteiger partial charge in [-0.25, -0.2) is 4.79 Å². The summed E-state index contributed by atoms with van der Waals surface area (Å²) in [5.41, 5.74) is 1.67. The summed E-state index contributed by atoms with van der Waals surface area (Å²) < 4.78 is 10.7. The molecule has 18 heavy (non-hydrogen) atoms. The van der Waals surface area contributed by atoms with Crippen LogP contribution in [0.3, 0.4) is 0 Å². The van der Waals surface area contributed by atoms with Crippen molar-refractivity contribution in [2.45, 2.75) is 53.1 Å². The molecule has 1 unspecified atom stereocenters. The van der Waals surface area contributed by atoms with Gasteiger partial charge in [-0.3, -0.25) is 0 Å². The summed E-state index contributed by atoms with van der Waals surface area (Å²) >= 11 is 0. The zero-order chi connectivity index (χ0) is 14.0. The second-order valence-corrected chi connectivity index (χ2v) is 4.42. The second kappa shape index (κ2) is 9.89. The van der Waals surface area contributed by atoms with Gasteiger partial charge in [0.05, 0.1) is 12.7 Å². The van der Waals surface area contributed by atoms with Crippen LogP contribution in [0.25, 0.3) is 0 Å². The van der Waals surface area contributed by atoms with Crippen molar-refractivity contribution in [3.63, 3.8) is 0 Å². The minimum Gasteiger partial charge on any atom is -0.460 e. The molecule has 0 saturated heterocycles. The Morgan fingerprint density at radius 1 is 1.28 bits per heavy atom. The van der Waals surface area contributed by atoms with Crippen LogP contribution < -0.4 is 0 Å². The summed E-state index contributed by atoms with van der Waals surface area (Å²) in [7, 11) is 0. The third-order valence-electron chi connectivity index (χ3n) is 2.57. The first-order valence-corrected chi connectivity index (χ1v) is 6.63. The Hall–Kier alpha value is -1.09. The fourth-order valence-electron chi connectivity index (χ4n) is 1.61. The standard InChI is InChI=1S/C15H26O3/c1-6-8-13(5)14(9-7-2)17-10-11-18-15(16)12(3)4/h8,14H,3,6-7,9-11H2,1-2,4-5H3/b13-8+. The van der Waals surface area contributed by atoms with Gasteiger partial charge in [0.15, 0.2) is 0 Å². The summed E-state index contributed by atoms with van der Waals surface area (Å²) in [5.74, 6) is -0.355. The lowest BCUT2D eigenvalue weighted by Crippen LogP contribution is -2.19.